The molecule has 2 aliphatic rings. The Morgan fingerprint density at radius 1 is 1.06 bits per heavy atom. The van der Waals surface area contributed by atoms with Gasteiger partial charge in [0, 0.05) is 29.2 Å². The third-order valence-corrected chi connectivity index (χ3v) is 6.39. The average molecular weight is 413 g/mol. The molecule has 0 bridgehead atoms. The summed E-state index contributed by atoms with van der Waals surface area (Å²) in [5.74, 6) is 1.10. The van der Waals surface area contributed by atoms with Gasteiger partial charge in [0.2, 0.25) is 5.91 Å². The molecule has 6 rings (SSSR count). The van der Waals surface area contributed by atoms with E-state index in [1.165, 1.54) is 32.1 Å². The highest BCUT2D eigenvalue weighted by molar-refractivity contribution is 6.02. The third-order valence-electron chi connectivity index (χ3n) is 6.39. The number of imidazole rings is 1. The molecular weight excluding hydrogens is 390 g/mol. The molecule has 156 valence electrons. The minimum atomic E-state index is 0.0118. The molecule has 3 aromatic heterocycles. The number of carbonyl (C=O) groups is 1. The normalized spacial score (nSPS) is 16.6. The van der Waals surface area contributed by atoms with Crippen molar-refractivity contribution in [2.45, 2.75) is 44.6 Å². The van der Waals surface area contributed by atoms with Crippen LogP contribution in [-0.2, 0) is 11.2 Å². The number of carbonyl (C=O) groups excluding carboxylic acids is 1. The van der Waals surface area contributed by atoms with Crippen LogP contribution in [0.15, 0.2) is 36.8 Å². The molecule has 4 aromatic rings. The number of nitrogens with one attached hydrogen (secondary N) is 2. The van der Waals surface area contributed by atoms with Gasteiger partial charge in [-0.2, -0.15) is 5.10 Å². The van der Waals surface area contributed by atoms with E-state index in [0.29, 0.717) is 24.1 Å². The highest BCUT2D eigenvalue weighted by Crippen LogP contribution is 2.33. The summed E-state index contributed by atoms with van der Waals surface area (Å²) in [6, 6.07) is 6.37. The van der Waals surface area contributed by atoms with Crippen molar-refractivity contribution in [1.82, 2.24) is 24.7 Å². The fraction of sp³-hybridized carbons (Fsp3) is 0.304. The number of pyridine rings is 1. The summed E-state index contributed by atoms with van der Waals surface area (Å²) in [4.78, 5) is 24.1. The molecule has 8 heteroatoms. The number of rotatable bonds is 3. The maximum Gasteiger partial charge on any atom is 0.228 e. The highest BCUT2D eigenvalue weighted by Gasteiger charge is 2.21. The summed E-state index contributed by atoms with van der Waals surface area (Å²) in [5, 5.41) is 7.49. The molecule has 1 aliphatic carbocycles. The van der Waals surface area contributed by atoms with Crippen molar-refractivity contribution in [2.24, 2.45) is 0 Å². The average Bonchev–Trinajstić information content (AvgIpc) is 3.50. The lowest BCUT2D eigenvalue weighted by Gasteiger charge is -2.21. The summed E-state index contributed by atoms with van der Waals surface area (Å²) in [6.45, 7) is 0. The first-order valence-corrected chi connectivity index (χ1v) is 10.8. The Labute approximate surface area is 178 Å². The van der Waals surface area contributed by atoms with Crippen LogP contribution < -0.4 is 11.1 Å². The monoisotopic (exact) mass is 413 g/mol. The molecule has 31 heavy (non-hydrogen) atoms. The van der Waals surface area contributed by atoms with Crippen molar-refractivity contribution in [3.05, 3.63) is 42.4 Å². The summed E-state index contributed by atoms with van der Waals surface area (Å²) < 4.78 is 2.10. The zero-order valence-corrected chi connectivity index (χ0v) is 17.1. The number of amides is 1. The number of hydrogen-bond donors (Lipinski definition) is 3. The number of nitrogens with zero attached hydrogens (tertiary/aromatic N) is 4. The number of nitrogen functional groups attached to an aromatic ring is 1. The molecule has 0 unspecified atom stereocenters. The first kappa shape index (κ1) is 18.1. The van der Waals surface area contributed by atoms with Crippen molar-refractivity contribution in [3.63, 3.8) is 0 Å². The minimum Gasteiger partial charge on any atom is -0.383 e. The van der Waals surface area contributed by atoms with Crippen molar-refractivity contribution in [2.75, 3.05) is 11.1 Å². The van der Waals surface area contributed by atoms with Crippen LogP contribution in [0.1, 0.15) is 43.7 Å². The second-order valence-corrected chi connectivity index (χ2v) is 8.49. The second kappa shape index (κ2) is 6.94. The van der Waals surface area contributed by atoms with Crippen LogP contribution in [0.3, 0.4) is 0 Å². The zero-order chi connectivity index (χ0) is 20.9. The number of fused-ring (bicyclic) bond motifs is 2. The number of aromatic amines is 1. The van der Waals surface area contributed by atoms with Crippen LogP contribution >= 0.6 is 0 Å². The smallest absolute Gasteiger partial charge is 0.228 e. The Hall–Kier alpha value is -3.68. The van der Waals surface area contributed by atoms with Crippen LogP contribution in [0, 0.1) is 0 Å². The number of benzene rings is 1. The van der Waals surface area contributed by atoms with E-state index in [1.807, 2.05) is 24.4 Å². The Kier molecular flexibility index (Phi) is 4.05. The zero-order valence-electron chi connectivity index (χ0n) is 17.1. The van der Waals surface area contributed by atoms with E-state index in [4.69, 9.17) is 10.7 Å². The molecule has 1 fully saturated rings. The van der Waals surface area contributed by atoms with Crippen molar-refractivity contribution < 1.29 is 4.79 Å². The van der Waals surface area contributed by atoms with E-state index in [2.05, 4.69) is 31.3 Å². The van der Waals surface area contributed by atoms with Crippen LogP contribution in [0.25, 0.3) is 33.5 Å². The van der Waals surface area contributed by atoms with Gasteiger partial charge in [-0.1, -0.05) is 19.3 Å². The minimum absolute atomic E-state index is 0.0118. The SMILES string of the molecule is Nc1ncc(-c2cnn(C3CCCCC3)c2)cc1-c1nc2cc3c(cc2[nH]1)CC(=O)N3. The Bertz CT molecular complexity index is 1270. The molecule has 1 saturated carbocycles. The van der Waals surface area contributed by atoms with Gasteiger partial charge in [0.1, 0.15) is 11.6 Å². The van der Waals surface area contributed by atoms with Crippen LogP contribution in [0.2, 0.25) is 0 Å². The fourth-order valence-electron chi connectivity index (χ4n) is 4.71. The van der Waals surface area contributed by atoms with Crippen molar-refractivity contribution in [3.8, 4) is 22.5 Å². The molecule has 0 saturated heterocycles. The van der Waals surface area contributed by atoms with E-state index >= 15 is 0 Å². The largest absolute Gasteiger partial charge is 0.383 e. The van der Waals surface area contributed by atoms with E-state index in [0.717, 1.165) is 39.0 Å². The Morgan fingerprint density at radius 3 is 2.81 bits per heavy atom. The summed E-state index contributed by atoms with van der Waals surface area (Å²) in [6.07, 6.45) is 12.4. The molecule has 4 heterocycles. The standard InChI is InChI=1S/C23H23N7O/c24-22-17(23-28-19-7-13-8-21(31)27-18(13)9-20(19)29-23)6-14(10-25-22)15-11-26-30(12-15)16-4-2-1-3-5-16/h6-7,9-12,16H,1-5,8H2,(H2,24,25)(H,27,31)(H,28,29). The van der Waals surface area contributed by atoms with Gasteiger partial charge in [0.05, 0.1) is 35.3 Å². The first-order chi connectivity index (χ1) is 15.1. The van der Waals surface area contributed by atoms with Crippen LogP contribution in [0.5, 0.6) is 0 Å². The molecule has 1 amide bonds. The quantitative estimate of drug-likeness (QED) is 0.468. The third kappa shape index (κ3) is 3.15. The molecule has 0 spiro atoms. The topological polar surface area (TPSA) is 115 Å². The Balaban J connectivity index is 1.36. The number of hydrogen-bond acceptors (Lipinski definition) is 5. The number of nitrogens with two attached hydrogens (primary N) is 1. The molecule has 1 aliphatic heterocycles. The molecule has 0 radical (unpaired) electrons. The second-order valence-electron chi connectivity index (χ2n) is 8.49. The molecule has 1 aromatic carbocycles. The number of aromatic nitrogens is 5. The maximum absolute atomic E-state index is 11.6. The van der Waals surface area contributed by atoms with E-state index in [9.17, 15) is 4.79 Å². The summed E-state index contributed by atoms with van der Waals surface area (Å²) in [5.41, 5.74) is 12.4. The van der Waals surface area contributed by atoms with E-state index in [1.54, 1.807) is 6.20 Å². The van der Waals surface area contributed by atoms with Gasteiger partial charge < -0.3 is 16.0 Å². The van der Waals surface area contributed by atoms with Gasteiger partial charge in [-0.05, 0) is 36.6 Å². The van der Waals surface area contributed by atoms with E-state index < -0.39 is 0 Å². The first-order valence-electron chi connectivity index (χ1n) is 10.8. The van der Waals surface area contributed by atoms with Gasteiger partial charge in [0.15, 0.2) is 0 Å². The lowest BCUT2D eigenvalue weighted by Crippen LogP contribution is -2.12. The van der Waals surface area contributed by atoms with Gasteiger partial charge in [-0.15, -0.1) is 0 Å². The lowest BCUT2D eigenvalue weighted by atomic mass is 9.96. The van der Waals surface area contributed by atoms with Crippen molar-refractivity contribution in [1.29, 1.82) is 0 Å². The highest BCUT2D eigenvalue weighted by atomic mass is 16.1. The van der Waals surface area contributed by atoms with Crippen LogP contribution in [0.4, 0.5) is 11.5 Å². The molecule has 8 nitrogen and oxygen atoms in total. The summed E-state index contributed by atoms with van der Waals surface area (Å²) in [7, 11) is 0. The number of H-pyrrole nitrogens is 1. The Morgan fingerprint density at radius 2 is 1.94 bits per heavy atom. The van der Waals surface area contributed by atoms with Crippen molar-refractivity contribution >= 4 is 28.4 Å². The fourth-order valence-corrected chi connectivity index (χ4v) is 4.71. The van der Waals surface area contributed by atoms with Gasteiger partial charge in [-0.25, -0.2) is 9.97 Å². The van der Waals surface area contributed by atoms with Crippen LogP contribution in [-0.4, -0.2) is 30.6 Å². The van der Waals surface area contributed by atoms with E-state index in [-0.39, 0.29) is 5.91 Å². The van der Waals surface area contributed by atoms with Gasteiger partial charge in [0.25, 0.3) is 0 Å². The number of anilines is 2. The molecular formula is C23H23N7O. The predicted octanol–water partition coefficient (Wildman–Crippen LogP) is 4.07. The molecule has 4 N–H and O–H groups in total. The predicted molar refractivity (Wildman–Crippen MR) is 119 cm³/mol. The molecule has 0 atom stereocenters. The maximum atomic E-state index is 11.6. The lowest BCUT2D eigenvalue weighted by molar-refractivity contribution is -0.115. The summed E-state index contributed by atoms with van der Waals surface area (Å²) >= 11 is 0. The van der Waals surface area contributed by atoms with Gasteiger partial charge in [-0.3, -0.25) is 9.48 Å². The van der Waals surface area contributed by atoms with Gasteiger partial charge >= 0.3 is 0 Å².